The highest BCUT2D eigenvalue weighted by atomic mass is 32.2. The van der Waals surface area contributed by atoms with Gasteiger partial charge in [-0.3, -0.25) is 14.2 Å². The number of carbonyl (C=O) groups excluding carboxylic acids is 2. The molecule has 0 aliphatic heterocycles. The van der Waals surface area contributed by atoms with E-state index in [-0.39, 0.29) is 12.4 Å². The number of aromatic nitrogens is 3. The van der Waals surface area contributed by atoms with Gasteiger partial charge in [-0.25, -0.2) is 0 Å². The fraction of sp³-hybridized carbons (Fsp3) is 0.467. The summed E-state index contributed by atoms with van der Waals surface area (Å²) in [5.41, 5.74) is 5.21. The van der Waals surface area contributed by atoms with E-state index in [9.17, 15) is 9.59 Å². The van der Waals surface area contributed by atoms with E-state index in [2.05, 4.69) is 10.2 Å². The Labute approximate surface area is 143 Å². The monoisotopic (exact) mass is 352 g/mol. The molecule has 1 atom stereocenters. The van der Waals surface area contributed by atoms with Crippen LogP contribution in [0.1, 0.15) is 31.9 Å². The highest BCUT2D eigenvalue weighted by Crippen LogP contribution is 2.24. The maximum absolute atomic E-state index is 11.8. The van der Waals surface area contributed by atoms with Gasteiger partial charge in [0.25, 0.3) is 0 Å². The summed E-state index contributed by atoms with van der Waals surface area (Å²) in [4.78, 5) is 22.8. The number of furan rings is 1. The molecule has 130 valence electrons. The lowest BCUT2D eigenvalue weighted by Crippen LogP contribution is -2.18. The van der Waals surface area contributed by atoms with Gasteiger partial charge in [-0.15, -0.1) is 10.2 Å². The highest BCUT2D eigenvalue weighted by Gasteiger charge is 2.21. The first kappa shape index (κ1) is 18.1. The summed E-state index contributed by atoms with van der Waals surface area (Å²) in [7, 11) is 0. The topological polar surface area (TPSA) is 113 Å². The van der Waals surface area contributed by atoms with Crippen molar-refractivity contribution < 1.29 is 18.7 Å². The minimum atomic E-state index is -0.423. The molecule has 8 nitrogen and oxygen atoms in total. The number of amides is 1. The molecule has 0 aliphatic carbocycles. The Morgan fingerprint density at radius 3 is 2.88 bits per heavy atom. The average molecular weight is 352 g/mol. The van der Waals surface area contributed by atoms with E-state index in [4.69, 9.17) is 14.9 Å². The van der Waals surface area contributed by atoms with E-state index in [0.717, 1.165) is 5.76 Å². The Bertz CT molecular complexity index is 684. The van der Waals surface area contributed by atoms with Crippen molar-refractivity contribution in [1.29, 1.82) is 0 Å². The summed E-state index contributed by atoms with van der Waals surface area (Å²) in [6.45, 7) is 4.24. The van der Waals surface area contributed by atoms with Crippen LogP contribution < -0.4 is 5.73 Å². The summed E-state index contributed by atoms with van der Waals surface area (Å²) >= 11 is 1.25. The molecule has 2 aromatic heterocycles. The Morgan fingerprint density at radius 1 is 1.46 bits per heavy atom. The number of esters is 1. The van der Waals surface area contributed by atoms with Crippen LogP contribution in [-0.4, -0.2) is 38.5 Å². The number of nitrogens with zero attached hydrogens (tertiary/aromatic N) is 3. The molecule has 24 heavy (non-hydrogen) atoms. The van der Waals surface area contributed by atoms with E-state index < -0.39 is 11.2 Å². The molecule has 2 heterocycles. The fourth-order valence-corrected chi connectivity index (χ4v) is 2.87. The lowest BCUT2D eigenvalue weighted by atomic mass is 10.3. The van der Waals surface area contributed by atoms with E-state index in [0.29, 0.717) is 30.6 Å². The molecule has 0 aliphatic rings. The molecule has 1 unspecified atom stereocenters. The van der Waals surface area contributed by atoms with E-state index >= 15 is 0 Å². The van der Waals surface area contributed by atoms with Crippen LogP contribution in [0.2, 0.25) is 0 Å². The van der Waals surface area contributed by atoms with Crippen LogP contribution in [0, 0.1) is 0 Å². The van der Waals surface area contributed by atoms with Gasteiger partial charge in [-0.1, -0.05) is 11.8 Å². The van der Waals surface area contributed by atoms with Gasteiger partial charge >= 0.3 is 5.97 Å². The Morgan fingerprint density at radius 2 is 2.25 bits per heavy atom. The number of hydrogen-bond acceptors (Lipinski definition) is 7. The largest absolute Gasteiger partial charge is 0.467 e. The number of primary amides is 1. The summed E-state index contributed by atoms with van der Waals surface area (Å²) in [5.74, 6) is 0.620. The first-order valence-corrected chi connectivity index (χ1v) is 8.45. The molecule has 2 rings (SSSR count). The Kier molecular flexibility index (Phi) is 6.42. The van der Waals surface area contributed by atoms with Crippen molar-refractivity contribution in [2.24, 2.45) is 5.73 Å². The minimum Gasteiger partial charge on any atom is -0.467 e. The second-order valence-corrected chi connectivity index (χ2v) is 6.35. The van der Waals surface area contributed by atoms with Crippen molar-refractivity contribution in [3.63, 3.8) is 0 Å². The van der Waals surface area contributed by atoms with E-state index in [1.54, 1.807) is 26.2 Å². The molecule has 1 amide bonds. The van der Waals surface area contributed by atoms with Gasteiger partial charge in [0.2, 0.25) is 5.91 Å². The predicted molar refractivity (Wildman–Crippen MR) is 87.3 cm³/mol. The number of rotatable bonds is 9. The molecular formula is C15H20N4O4S. The van der Waals surface area contributed by atoms with E-state index in [1.165, 1.54) is 11.8 Å². The second kappa shape index (κ2) is 8.53. The zero-order chi connectivity index (χ0) is 17.5. The SMILES string of the molecule is CCOC(=O)C(C)Sc1nnc(CCC(N)=O)n1Cc1ccco1. The Hall–Kier alpha value is -2.29. The van der Waals surface area contributed by atoms with Crippen LogP contribution in [0.5, 0.6) is 0 Å². The molecule has 0 aromatic carbocycles. The summed E-state index contributed by atoms with van der Waals surface area (Å²) in [5, 5.41) is 8.39. The van der Waals surface area contributed by atoms with Crippen LogP contribution in [0.25, 0.3) is 0 Å². The van der Waals surface area contributed by atoms with Crippen LogP contribution >= 0.6 is 11.8 Å². The number of ether oxygens (including phenoxy) is 1. The first-order chi connectivity index (χ1) is 11.5. The molecule has 9 heteroatoms. The van der Waals surface area contributed by atoms with Gasteiger partial charge in [0.15, 0.2) is 5.16 Å². The smallest absolute Gasteiger partial charge is 0.319 e. The van der Waals surface area contributed by atoms with Crippen molar-refractivity contribution in [3.05, 3.63) is 30.0 Å². The summed E-state index contributed by atoms with van der Waals surface area (Å²) in [6.07, 6.45) is 2.13. The van der Waals surface area contributed by atoms with Gasteiger partial charge in [0.1, 0.15) is 16.8 Å². The van der Waals surface area contributed by atoms with Gasteiger partial charge in [0, 0.05) is 12.8 Å². The molecule has 0 radical (unpaired) electrons. The third-order valence-electron chi connectivity index (χ3n) is 3.18. The lowest BCUT2D eigenvalue weighted by molar-refractivity contribution is -0.142. The van der Waals surface area contributed by atoms with Crippen molar-refractivity contribution in [2.75, 3.05) is 6.61 Å². The molecule has 0 fully saturated rings. The molecule has 0 spiro atoms. The predicted octanol–water partition coefficient (Wildman–Crippen LogP) is 1.38. The van der Waals surface area contributed by atoms with Crippen LogP contribution in [0.15, 0.2) is 28.0 Å². The van der Waals surface area contributed by atoms with Crippen LogP contribution in [0.4, 0.5) is 0 Å². The maximum Gasteiger partial charge on any atom is 0.319 e. The maximum atomic E-state index is 11.8. The molecule has 0 saturated heterocycles. The van der Waals surface area contributed by atoms with Gasteiger partial charge < -0.3 is 14.9 Å². The van der Waals surface area contributed by atoms with Gasteiger partial charge in [-0.05, 0) is 26.0 Å². The molecule has 0 bridgehead atoms. The molecule has 0 saturated carbocycles. The number of aryl methyl sites for hydroxylation is 1. The van der Waals surface area contributed by atoms with Crippen LogP contribution in [-0.2, 0) is 27.3 Å². The quantitative estimate of drug-likeness (QED) is 0.536. The lowest BCUT2D eigenvalue weighted by Gasteiger charge is -2.12. The van der Waals surface area contributed by atoms with Crippen molar-refractivity contribution in [3.8, 4) is 0 Å². The second-order valence-electron chi connectivity index (χ2n) is 5.04. The summed E-state index contributed by atoms with van der Waals surface area (Å²) < 4.78 is 12.2. The summed E-state index contributed by atoms with van der Waals surface area (Å²) in [6, 6.07) is 3.62. The standard InChI is InChI=1S/C15H20N4O4S/c1-3-22-14(21)10(2)24-15-18-17-13(7-6-12(16)20)19(15)9-11-5-4-8-23-11/h4-5,8,10H,3,6-7,9H2,1-2H3,(H2,16,20). The van der Waals surface area contributed by atoms with Gasteiger partial charge in [-0.2, -0.15) is 0 Å². The number of thioether (sulfide) groups is 1. The first-order valence-electron chi connectivity index (χ1n) is 7.57. The zero-order valence-electron chi connectivity index (χ0n) is 13.6. The highest BCUT2D eigenvalue weighted by molar-refractivity contribution is 8.00. The van der Waals surface area contributed by atoms with Crippen LogP contribution in [0.3, 0.4) is 0 Å². The fourth-order valence-electron chi connectivity index (χ4n) is 2.01. The number of nitrogens with two attached hydrogens (primary N) is 1. The third kappa shape index (κ3) is 4.85. The minimum absolute atomic E-state index is 0.175. The van der Waals surface area contributed by atoms with Crippen molar-refractivity contribution in [2.45, 2.75) is 43.6 Å². The number of hydrogen-bond donors (Lipinski definition) is 1. The van der Waals surface area contributed by atoms with E-state index in [1.807, 2.05) is 10.6 Å². The normalized spacial score (nSPS) is 12.1. The molecule has 2 aromatic rings. The van der Waals surface area contributed by atoms with Crippen molar-refractivity contribution >= 4 is 23.6 Å². The van der Waals surface area contributed by atoms with Gasteiger partial charge in [0.05, 0.1) is 19.4 Å². The Balaban J connectivity index is 2.19. The number of carbonyl (C=O) groups is 2. The van der Waals surface area contributed by atoms with Crippen molar-refractivity contribution in [1.82, 2.24) is 14.8 Å². The molecule has 2 N–H and O–H groups in total. The third-order valence-corrected chi connectivity index (χ3v) is 4.24. The zero-order valence-corrected chi connectivity index (χ0v) is 14.4. The average Bonchev–Trinajstić information content (AvgIpc) is 3.17. The molecular weight excluding hydrogens is 332 g/mol.